The minimum atomic E-state index is -0.294. The van der Waals surface area contributed by atoms with Crippen LogP contribution in [0.2, 0.25) is 5.02 Å². The summed E-state index contributed by atoms with van der Waals surface area (Å²) in [4.78, 5) is 11.4. The molecular formula is C22H21BrClNO2. The number of halogens is 2. The van der Waals surface area contributed by atoms with Crippen molar-refractivity contribution in [3.8, 4) is 0 Å². The second kappa shape index (κ2) is 9.25. The minimum absolute atomic E-state index is 0.294. The van der Waals surface area contributed by atoms with Crippen LogP contribution in [-0.4, -0.2) is 17.1 Å². The molecule has 0 atom stereocenters. The van der Waals surface area contributed by atoms with Gasteiger partial charge in [0.1, 0.15) is 0 Å². The summed E-state index contributed by atoms with van der Waals surface area (Å²) >= 11 is 9.80. The molecule has 0 saturated heterocycles. The van der Waals surface area contributed by atoms with Crippen LogP contribution in [-0.2, 0) is 22.5 Å². The third-order valence-electron chi connectivity index (χ3n) is 4.36. The summed E-state index contributed by atoms with van der Waals surface area (Å²) in [6, 6.07) is 16.3. The highest BCUT2D eigenvalue weighted by Crippen LogP contribution is 2.32. The van der Waals surface area contributed by atoms with Gasteiger partial charge in [0, 0.05) is 35.0 Å². The number of hydrogen-bond acceptors (Lipinski definition) is 2. The highest BCUT2D eigenvalue weighted by Gasteiger charge is 2.15. The first kappa shape index (κ1) is 19.7. The minimum Gasteiger partial charge on any atom is -0.463 e. The molecule has 0 unspecified atom stereocenters. The molecule has 5 heteroatoms. The van der Waals surface area contributed by atoms with Crippen molar-refractivity contribution in [1.29, 1.82) is 0 Å². The molecule has 2 aromatic carbocycles. The predicted octanol–water partition coefficient (Wildman–Crippen LogP) is 6.16. The van der Waals surface area contributed by atoms with Crippen molar-refractivity contribution in [2.24, 2.45) is 0 Å². The lowest BCUT2D eigenvalue weighted by atomic mass is 10.0. The van der Waals surface area contributed by atoms with Gasteiger partial charge < -0.3 is 9.30 Å². The number of esters is 1. The number of rotatable bonds is 7. The standard InChI is InChI=1S/C22H21BrClNO2/c1-2-27-21(26)9-5-6-14-25-20-8-4-3-7-18(20)19(22(25)23)15-16-10-12-17(24)13-11-16/h3-5,7-13H,2,6,14-15H2,1H3. The topological polar surface area (TPSA) is 31.2 Å². The number of para-hydroxylation sites is 1. The first-order chi connectivity index (χ1) is 13.1. The first-order valence-electron chi connectivity index (χ1n) is 8.93. The molecule has 0 saturated carbocycles. The van der Waals surface area contributed by atoms with E-state index >= 15 is 0 Å². The van der Waals surface area contributed by atoms with Crippen molar-refractivity contribution < 1.29 is 9.53 Å². The van der Waals surface area contributed by atoms with Crippen LogP contribution >= 0.6 is 27.5 Å². The van der Waals surface area contributed by atoms with Crippen molar-refractivity contribution in [1.82, 2.24) is 4.57 Å². The van der Waals surface area contributed by atoms with Crippen LogP contribution in [0.25, 0.3) is 10.9 Å². The van der Waals surface area contributed by atoms with Crippen LogP contribution < -0.4 is 0 Å². The van der Waals surface area contributed by atoms with Gasteiger partial charge in [-0.25, -0.2) is 4.79 Å². The fourth-order valence-electron chi connectivity index (χ4n) is 3.11. The molecule has 3 nitrogen and oxygen atoms in total. The Balaban J connectivity index is 1.84. The number of hydrogen-bond donors (Lipinski definition) is 0. The molecule has 0 amide bonds. The average Bonchev–Trinajstić information content (AvgIpc) is 2.93. The van der Waals surface area contributed by atoms with E-state index in [0.717, 1.165) is 29.0 Å². The lowest BCUT2D eigenvalue weighted by molar-refractivity contribution is -0.137. The molecule has 0 N–H and O–H groups in total. The molecule has 140 valence electrons. The molecule has 0 fully saturated rings. The van der Waals surface area contributed by atoms with E-state index in [0.29, 0.717) is 6.61 Å². The summed E-state index contributed by atoms with van der Waals surface area (Å²) in [5, 5.41) is 1.97. The van der Waals surface area contributed by atoms with E-state index in [1.54, 1.807) is 6.92 Å². The predicted molar refractivity (Wildman–Crippen MR) is 114 cm³/mol. The fourth-order valence-corrected chi connectivity index (χ4v) is 3.96. The van der Waals surface area contributed by atoms with Crippen molar-refractivity contribution in [3.05, 3.63) is 81.4 Å². The van der Waals surface area contributed by atoms with Gasteiger partial charge in [0.15, 0.2) is 0 Å². The van der Waals surface area contributed by atoms with Crippen LogP contribution in [0.15, 0.2) is 65.3 Å². The van der Waals surface area contributed by atoms with Gasteiger partial charge in [-0.3, -0.25) is 0 Å². The Morgan fingerprint density at radius 2 is 1.93 bits per heavy atom. The van der Waals surface area contributed by atoms with Gasteiger partial charge >= 0.3 is 5.97 Å². The average molecular weight is 447 g/mol. The van der Waals surface area contributed by atoms with Crippen molar-refractivity contribution in [2.75, 3.05) is 6.61 Å². The Bertz CT molecular complexity index is 960. The van der Waals surface area contributed by atoms with Crippen LogP contribution in [0.3, 0.4) is 0 Å². The van der Waals surface area contributed by atoms with Gasteiger partial charge in [-0.15, -0.1) is 0 Å². The van der Waals surface area contributed by atoms with Crippen molar-refractivity contribution >= 4 is 44.4 Å². The highest BCUT2D eigenvalue weighted by molar-refractivity contribution is 9.10. The number of aryl methyl sites for hydroxylation is 1. The molecule has 0 bridgehead atoms. The lowest BCUT2D eigenvalue weighted by Crippen LogP contribution is -2.00. The molecular weight excluding hydrogens is 426 g/mol. The molecule has 0 aliphatic carbocycles. The number of carbonyl (C=O) groups is 1. The maximum Gasteiger partial charge on any atom is 0.330 e. The molecule has 1 aromatic heterocycles. The molecule has 0 aliphatic heterocycles. The van der Waals surface area contributed by atoms with E-state index in [-0.39, 0.29) is 5.97 Å². The Labute approximate surface area is 172 Å². The van der Waals surface area contributed by atoms with Gasteiger partial charge in [-0.05, 0) is 58.6 Å². The maximum atomic E-state index is 11.4. The normalized spacial score (nSPS) is 11.4. The fraction of sp³-hybridized carbons (Fsp3) is 0.227. The van der Waals surface area contributed by atoms with Gasteiger partial charge in [0.25, 0.3) is 0 Å². The van der Waals surface area contributed by atoms with Gasteiger partial charge in [0.05, 0.1) is 11.2 Å². The maximum absolute atomic E-state index is 11.4. The number of allylic oxidation sites excluding steroid dienone is 1. The number of ether oxygens (including phenoxy) is 1. The number of nitrogens with zero attached hydrogens (tertiary/aromatic N) is 1. The summed E-state index contributed by atoms with van der Waals surface area (Å²) in [5.41, 5.74) is 3.64. The smallest absolute Gasteiger partial charge is 0.330 e. The monoisotopic (exact) mass is 445 g/mol. The van der Waals surface area contributed by atoms with Gasteiger partial charge in [0.2, 0.25) is 0 Å². The zero-order valence-corrected chi connectivity index (χ0v) is 17.5. The van der Waals surface area contributed by atoms with Crippen LogP contribution in [0.5, 0.6) is 0 Å². The van der Waals surface area contributed by atoms with Crippen molar-refractivity contribution in [3.63, 3.8) is 0 Å². The number of carbonyl (C=O) groups excluding carboxylic acids is 1. The lowest BCUT2D eigenvalue weighted by Gasteiger charge is -2.06. The summed E-state index contributed by atoms with van der Waals surface area (Å²) in [5.74, 6) is -0.294. The van der Waals surface area contributed by atoms with E-state index in [2.05, 4.69) is 50.8 Å². The Morgan fingerprint density at radius 3 is 2.67 bits per heavy atom. The highest BCUT2D eigenvalue weighted by atomic mass is 79.9. The molecule has 27 heavy (non-hydrogen) atoms. The Hall–Kier alpha value is -2.04. The Morgan fingerprint density at radius 1 is 1.19 bits per heavy atom. The van der Waals surface area contributed by atoms with Gasteiger partial charge in [-0.1, -0.05) is 48.0 Å². The van der Waals surface area contributed by atoms with E-state index in [1.807, 2.05) is 24.3 Å². The molecule has 3 aromatic rings. The SMILES string of the molecule is CCOC(=O)C=CCCn1c(Br)c(Cc2ccc(Cl)cc2)c2ccccc21. The van der Waals surface area contributed by atoms with Crippen molar-refractivity contribution in [2.45, 2.75) is 26.3 Å². The van der Waals surface area contributed by atoms with E-state index in [1.165, 1.54) is 28.1 Å². The number of fused-ring (bicyclic) bond motifs is 1. The summed E-state index contributed by atoms with van der Waals surface area (Å²) in [6.07, 6.45) is 4.93. The molecule has 3 rings (SSSR count). The summed E-state index contributed by atoms with van der Waals surface area (Å²) < 4.78 is 8.23. The summed E-state index contributed by atoms with van der Waals surface area (Å²) in [7, 11) is 0. The third-order valence-corrected chi connectivity index (χ3v) is 5.52. The zero-order valence-electron chi connectivity index (χ0n) is 15.1. The van der Waals surface area contributed by atoms with E-state index in [4.69, 9.17) is 16.3 Å². The van der Waals surface area contributed by atoms with Crippen LogP contribution in [0.4, 0.5) is 0 Å². The van der Waals surface area contributed by atoms with Gasteiger partial charge in [-0.2, -0.15) is 0 Å². The molecule has 0 spiro atoms. The Kier molecular flexibility index (Phi) is 6.75. The van der Waals surface area contributed by atoms with E-state index < -0.39 is 0 Å². The molecule has 1 heterocycles. The van der Waals surface area contributed by atoms with E-state index in [9.17, 15) is 4.79 Å². The quantitative estimate of drug-likeness (QED) is 0.321. The van der Waals surface area contributed by atoms with Crippen LogP contribution in [0, 0.1) is 0 Å². The summed E-state index contributed by atoms with van der Waals surface area (Å²) in [6.45, 7) is 2.97. The molecule has 0 radical (unpaired) electrons. The second-order valence-corrected chi connectivity index (χ2v) is 7.37. The zero-order chi connectivity index (χ0) is 19.2. The second-order valence-electron chi connectivity index (χ2n) is 6.18. The third kappa shape index (κ3) is 4.82. The number of aromatic nitrogens is 1. The number of benzene rings is 2. The molecule has 0 aliphatic rings. The first-order valence-corrected chi connectivity index (χ1v) is 10.1. The van der Waals surface area contributed by atoms with Crippen LogP contribution in [0.1, 0.15) is 24.5 Å². The largest absolute Gasteiger partial charge is 0.463 e.